The van der Waals surface area contributed by atoms with E-state index < -0.39 is 23.3 Å². The Balaban J connectivity index is 2.02. The second-order valence-electron chi connectivity index (χ2n) is 6.29. The van der Waals surface area contributed by atoms with Crippen molar-refractivity contribution in [2.24, 2.45) is 0 Å². The summed E-state index contributed by atoms with van der Waals surface area (Å²) in [6, 6.07) is 2.19. The van der Waals surface area contributed by atoms with Crippen molar-refractivity contribution in [3.05, 3.63) is 23.8 Å². The quantitative estimate of drug-likeness (QED) is 0.810. The molecule has 1 saturated heterocycles. The van der Waals surface area contributed by atoms with Crippen molar-refractivity contribution in [3.8, 4) is 0 Å². The first-order valence-electron chi connectivity index (χ1n) is 7.15. The van der Waals surface area contributed by atoms with E-state index in [0.717, 1.165) is 12.1 Å². The van der Waals surface area contributed by atoms with Gasteiger partial charge in [0.1, 0.15) is 11.3 Å². The monoisotopic (exact) mass is 313 g/mol. The van der Waals surface area contributed by atoms with Gasteiger partial charge in [0.05, 0.1) is 0 Å². The van der Waals surface area contributed by atoms with Crippen LogP contribution in [0.15, 0.2) is 12.1 Å². The largest absolute Gasteiger partial charge is 0.444 e. The number of anilines is 2. The van der Waals surface area contributed by atoms with Crippen LogP contribution < -0.4 is 10.6 Å². The Bertz CT molecular complexity index is 541. The van der Waals surface area contributed by atoms with Gasteiger partial charge in [-0.3, -0.25) is 0 Å². The number of rotatable bonds is 1. The van der Waals surface area contributed by atoms with Crippen LogP contribution in [0.25, 0.3) is 0 Å². The lowest BCUT2D eigenvalue weighted by molar-refractivity contribution is 0.0240. The molecule has 0 aromatic heterocycles. The van der Waals surface area contributed by atoms with E-state index >= 15 is 0 Å². The summed E-state index contributed by atoms with van der Waals surface area (Å²) in [6.07, 6.45) is -0.412. The lowest BCUT2D eigenvalue weighted by Crippen LogP contribution is -2.50. The Morgan fingerprint density at radius 1 is 1.14 bits per heavy atom. The van der Waals surface area contributed by atoms with Crippen LogP contribution in [0.2, 0.25) is 0 Å². The molecule has 7 heteroatoms. The molecular weight excluding hydrogens is 292 g/mol. The zero-order valence-electron chi connectivity index (χ0n) is 13.0. The number of hydrogen-bond acceptors (Lipinski definition) is 4. The Labute approximate surface area is 128 Å². The summed E-state index contributed by atoms with van der Waals surface area (Å²) >= 11 is 0. The number of nitrogen functional groups attached to an aromatic ring is 1. The maximum absolute atomic E-state index is 13.9. The smallest absolute Gasteiger partial charge is 0.410 e. The summed E-state index contributed by atoms with van der Waals surface area (Å²) in [5.74, 6) is -1.38. The van der Waals surface area contributed by atoms with E-state index in [2.05, 4.69) is 0 Å². The summed E-state index contributed by atoms with van der Waals surface area (Å²) in [7, 11) is 0. The fourth-order valence-electron chi connectivity index (χ4n) is 2.33. The second-order valence-corrected chi connectivity index (χ2v) is 6.29. The number of piperazine rings is 1. The lowest BCUT2D eigenvalue weighted by atomic mass is 10.2. The van der Waals surface area contributed by atoms with E-state index in [1.807, 2.05) is 0 Å². The highest BCUT2D eigenvalue weighted by Gasteiger charge is 2.28. The Hall–Kier alpha value is -2.05. The molecule has 0 spiro atoms. The van der Waals surface area contributed by atoms with Crippen molar-refractivity contribution in [2.45, 2.75) is 26.4 Å². The highest BCUT2D eigenvalue weighted by atomic mass is 19.1. The van der Waals surface area contributed by atoms with Crippen molar-refractivity contribution in [1.82, 2.24) is 4.90 Å². The van der Waals surface area contributed by atoms with Gasteiger partial charge in [0, 0.05) is 31.9 Å². The van der Waals surface area contributed by atoms with Gasteiger partial charge in [-0.05, 0) is 32.9 Å². The SMILES string of the molecule is CC(C)(C)OC(=O)N1CCN(c2c(F)cc(N)cc2F)CC1. The van der Waals surface area contributed by atoms with Crippen LogP contribution in [0.5, 0.6) is 0 Å². The molecule has 122 valence electrons. The van der Waals surface area contributed by atoms with Gasteiger partial charge in [0.25, 0.3) is 0 Å². The molecule has 1 heterocycles. The van der Waals surface area contributed by atoms with Crippen LogP contribution in [0.1, 0.15) is 20.8 Å². The molecule has 1 aromatic carbocycles. The van der Waals surface area contributed by atoms with Crippen LogP contribution >= 0.6 is 0 Å². The normalized spacial score (nSPS) is 15.9. The molecule has 2 rings (SSSR count). The number of amides is 1. The van der Waals surface area contributed by atoms with E-state index in [9.17, 15) is 13.6 Å². The molecule has 5 nitrogen and oxygen atoms in total. The molecule has 0 atom stereocenters. The Kier molecular flexibility index (Phi) is 4.44. The van der Waals surface area contributed by atoms with Crippen LogP contribution in [0.3, 0.4) is 0 Å². The topological polar surface area (TPSA) is 58.8 Å². The number of nitrogens with zero attached hydrogens (tertiary/aromatic N) is 2. The number of benzene rings is 1. The molecule has 1 aromatic rings. The number of hydrogen-bond donors (Lipinski definition) is 1. The summed E-state index contributed by atoms with van der Waals surface area (Å²) in [6.45, 7) is 6.73. The Morgan fingerprint density at radius 2 is 1.64 bits per heavy atom. The molecule has 1 amide bonds. The van der Waals surface area contributed by atoms with E-state index in [1.165, 1.54) is 4.90 Å². The van der Waals surface area contributed by atoms with E-state index in [4.69, 9.17) is 10.5 Å². The summed E-state index contributed by atoms with van der Waals surface area (Å²) in [5.41, 5.74) is 4.79. The highest BCUT2D eigenvalue weighted by molar-refractivity contribution is 5.68. The molecule has 1 aliphatic rings. The van der Waals surface area contributed by atoms with Gasteiger partial charge in [0.2, 0.25) is 0 Å². The minimum absolute atomic E-state index is 0.0474. The minimum Gasteiger partial charge on any atom is -0.444 e. The van der Waals surface area contributed by atoms with Crippen molar-refractivity contribution in [3.63, 3.8) is 0 Å². The van der Waals surface area contributed by atoms with Crippen LogP contribution in [-0.2, 0) is 4.74 Å². The van der Waals surface area contributed by atoms with Crippen molar-refractivity contribution in [2.75, 3.05) is 36.8 Å². The lowest BCUT2D eigenvalue weighted by Gasteiger charge is -2.36. The van der Waals surface area contributed by atoms with Gasteiger partial charge < -0.3 is 20.3 Å². The second kappa shape index (κ2) is 5.98. The van der Waals surface area contributed by atoms with E-state index in [0.29, 0.717) is 26.2 Å². The zero-order valence-corrected chi connectivity index (χ0v) is 13.0. The molecular formula is C15H21F2N3O2. The molecule has 0 aliphatic carbocycles. The van der Waals surface area contributed by atoms with Gasteiger partial charge >= 0.3 is 6.09 Å². The van der Waals surface area contributed by atoms with Crippen LogP contribution in [-0.4, -0.2) is 42.8 Å². The minimum atomic E-state index is -0.691. The average molecular weight is 313 g/mol. The third kappa shape index (κ3) is 3.78. The molecule has 0 unspecified atom stereocenters. The average Bonchev–Trinajstić information content (AvgIpc) is 2.36. The van der Waals surface area contributed by atoms with Crippen molar-refractivity contribution < 1.29 is 18.3 Å². The molecule has 0 bridgehead atoms. The van der Waals surface area contributed by atoms with E-state index in [-0.39, 0.29) is 11.4 Å². The molecule has 1 aliphatic heterocycles. The standard InChI is InChI=1S/C15H21F2N3O2/c1-15(2,3)22-14(21)20-6-4-19(5-7-20)13-11(16)8-10(18)9-12(13)17/h8-9H,4-7,18H2,1-3H3. The van der Waals surface area contributed by atoms with Gasteiger partial charge in [-0.2, -0.15) is 0 Å². The number of carbonyl (C=O) groups excluding carboxylic acids is 1. The van der Waals surface area contributed by atoms with Gasteiger partial charge in [-0.25, -0.2) is 13.6 Å². The predicted octanol–water partition coefficient (Wildman–Crippen LogP) is 2.60. The molecule has 22 heavy (non-hydrogen) atoms. The van der Waals surface area contributed by atoms with Gasteiger partial charge in [-0.1, -0.05) is 0 Å². The maximum atomic E-state index is 13.9. The first-order valence-corrected chi connectivity index (χ1v) is 7.15. The maximum Gasteiger partial charge on any atom is 0.410 e. The third-order valence-electron chi connectivity index (χ3n) is 3.29. The predicted molar refractivity (Wildman–Crippen MR) is 80.8 cm³/mol. The number of ether oxygens (including phenoxy) is 1. The molecule has 1 fully saturated rings. The highest BCUT2D eigenvalue weighted by Crippen LogP contribution is 2.27. The first kappa shape index (κ1) is 16.3. The van der Waals surface area contributed by atoms with Gasteiger partial charge in [0.15, 0.2) is 11.6 Å². The number of carbonyl (C=O) groups is 1. The summed E-state index contributed by atoms with van der Waals surface area (Å²) < 4.78 is 33.1. The van der Waals surface area contributed by atoms with Crippen molar-refractivity contribution >= 4 is 17.5 Å². The van der Waals surface area contributed by atoms with Crippen molar-refractivity contribution in [1.29, 1.82) is 0 Å². The summed E-state index contributed by atoms with van der Waals surface area (Å²) in [5, 5.41) is 0. The van der Waals surface area contributed by atoms with Crippen LogP contribution in [0.4, 0.5) is 25.0 Å². The summed E-state index contributed by atoms with van der Waals surface area (Å²) in [4.78, 5) is 15.1. The molecule has 0 radical (unpaired) electrons. The van der Waals surface area contributed by atoms with Gasteiger partial charge in [-0.15, -0.1) is 0 Å². The van der Waals surface area contributed by atoms with Crippen LogP contribution in [0, 0.1) is 11.6 Å². The third-order valence-corrected chi connectivity index (χ3v) is 3.29. The first-order chi connectivity index (χ1) is 10.2. The zero-order chi connectivity index (χ0) is 16.5. The number of halogens is 2. The Morgan fingerprint density at radius 3 is 2.09 bits per heavy atom. The van der Waals surface area contributed by atoms with E-state index in [1.54, 1.807) is 25.7 Å². The number of nitrogens with two attached hydrogens (primary N) is 1. The molecule has 2 N–H and O–H groups in total. The molecule has 0 saturated carbocycles. The fourth-order valence-corrected chi connectivity index (χ4v) is 2.33. The fraction of sp³-hybridized carbons (Fsp3) is 0.533.